The van der Waals surface area contributed by atoms with Gasteiger partial charge in [0, 0.05) is 0 Å². The van der Waals surface area contributed by atoms with E-state index >= 15 is 0 Å². The van der Waals surface area contributed by atoms with Gasteiger partial charge < -0.3 is 5.11 Å². The summed E-state index contributed by atoms with van der Waals surface area (Å²) >= 11 is 0. The zero-order chi connectivity index (χ0) is 9.47. The summed E-state index contributed by atoms with van der Waals surface area (Å²) in [7, 11) is 0. The van der Waals surface area contributed by atoms with E-state index in [9.17, 15) is 5.11 Å². The van der Waals surface area contributed by atoms with E-state index in [4.69, 9.17) is 0 Å². The predicted molar refractivity (Wildman–Crippen MR) is 53.6 cm³/mol. The van der Waals surface area contributed by atoms with E-state index in [-0.39, 0.29) is 0 Å². The normalized spacial score (nSPS) is 17.5. The Morgan fingerprint density at radius 2 is 1.62 bits per heavy atom. The second-order valence-electron chi connectivity index (χ2n) is 4.53. The molecule has 0 spiro atoms. The Labute approximate surface area is 79.4 Å². The minimum atomic E-state index is -0.543. The van der Waals surface area contributed by atoms with Crippen LogP contribution in [0.4, 0.5) is 0 Å². The number of rotatable bonds is 1. The monoisotopic (exact) mass is 176 g/mol. The molecule has 2 rings (SSSR count). The Balaban J connectivity index is 2.23. The zero-order valence-corrected chi connectivity index (χ0v) is 8.25. The van der Waals surface area contributed by atoms with Crippen LogP contribution in [0.3, 0.4) is 0 Å². The van der Waals surface area contributed by atoms with Crippen LogP contribution >= 0.6 is 0 Å². The molecule has 0 radical (unpaired) electrons. The maximum atomic E-state index is 9.89. The van der Waals surface area contributed by atoms with Crippen molar-refractivity contribution in [3.63, 3.8) is 0 Å². The van der Waals surface area contributed by atoms with Crippen molar-refractivity contribution in [2.45, 2.75) is 32.3 Å². The Kier molecular flexibility index (Phi) is 1.92. The lowest BCUT2D eigenvalue weighted by Gasteiger charge is -2.24. The summed E-state index contributed by atoms with van der Waals surface area (Å²) in [6, 6.07) is 8.49. The summed E-state index contributed by atoms with van der Waals surface area (Å²) in [6.07, 6.45) is 2.05. The second-order valence-corrected chi connectivity index (χ2v) is 4.53. The molecular formula is C12H16O. The van der Waals surface area contributed by atoms with Gasteiger partial charge in [0.25, 0.3) is 0 Å². The highest BCUT2D eigenvalue weighted by Crippen LogP contribution is 2.33. The van der Waals surface area contributed by atoms with Gasteiger partial charge >= 0.3 is 0 Å². The average molecular weight is 176 g/mol. The summed E-state index contributed by atoms with van der Waals surface area (Å²) in [4.78, 5) is 0. The first kappa shape index (κ1) is 8.76. The van der Waals surface area contributed by atoms with Gasteiger partial charge in [-0.1, -0.05) is 24.3 Å². The van der Waals surface area contributed by atoms with Gasteiger partial charge in [-0.25, -0.2) is 0 Å². The van der Waals surface area contributed by atoms with Crippen molar-refractivity contribution < 1.29 is 5.11 Å². The van der Waals surface area contributed by atoms with Crippen molar-refractivity contribution in [2.24, 2.45) is 5.92 Å². The molecule has 0 fully saturated rings. The Morgan fingerprint density at radius 3 is 2.00 bits per heavy atom. The van der Waals surface area contributed by atoms with Crippen molar-refractivity contribution >= 4 is 0 Å². The van der Waals surface area contributed by atoms with Gasteiger partial charge in [-0.15, -0.1) is 0 Å². The molecule has 13 heavy (non-hydrogen) atoms. The largest absolute Gasteiger partial charge is 0.390 e. The molecule has 1 N–H and O–H groups in total. The lowest BCUT2D eigenvalue weighted by Crippen LogP contribution is -2.31. The molecule has 1 aromatic carbocycles. The maximum absolute atomic E-state index is 9.89. The first-order valence-corrected chi connectivity index (χ1v) is 4.86. The van der Waals surface area contributed by atoms with Gasteiger partial charge in [-0.3, -0.25) is 0 Å². The van der Waals surface area contributed by atoms with Gasteiger partial charge in [0.05, 0.1) is 5.60 Å². The van der Waals surface area contributed by atoms with E-state index in [2.05, 4.69) is 24.3 Å². The molecule has 0 aromatic heterocycles. The molecule has 0 saturated carbocycles. The second kappa shape index (κ2) is 2.85. The fourth-order valence-electron chi connectivity index (χ4n) is 2.06. The van der Waals surface area contributed by atoms with Gasteiger partial charge in [0.15, 0.2) is 0 Å². The highest BCUT2D eigenvalue weighted by atomic mass is 16.3. The molecule has 0 saturated heterocycles. The zero-order valence-electron chi connectivity index (χ0n) is 8.25. The fourth-order valence-corrected chi connectivity index (χ4v) is 2.06. The van der Waals surface area contributed by atoms with Crippen LogP contribution in [-0.4, -0.2) is 10.7 Å². The molecule has 0 aliphatic heterocycles. The van der Waals surface area contributed by atoms with Crippen molar-refractivity contribution in [1.29, 1.82) is 0 Å². The first-order valence-electron chi connectivity index (χ1n) is 4.86. The quantitative estimate of drug-likeness (QED) is 0.695. The van der Waals surface area contributed by atoms with Gasteiger partial charge in [0.1, 0.15) is 0 Å². The van der Waals surface area contributed by atoms with Crippen LogP contribution < -0.4 is 0 Å². The van der Waals surface area contributed by atoms with E-state index in [1.807, 2.05) is 13.8 Å². The summed E-state index contributed by atoms with van der Waals surface area (Å²) in [6.45, 7) is 3.81. The molecular weight excluding hydrogens is 160 g/mol. The van der Waals surface area contributed by atoms with E-state index in [0.717, 1.165) is 12.8 Å². The van der Waals surface area contributed by atoms with Crippen LogP contribution in [0.25, 0.3) is 0 Å². The van der Waals surface area contributed by atoms with Gasteiger partial charge in [-0.2, -0.15) is 0 Å². The maximum Gasteiger partial charge on any atom is 0.0626 e. The Morgan fingerprint density at radius 1 is 1.15 bits per heavy atom. The fraction of sp³-hybridized carbons (Fsp3) is 0.500. The van der Waals surface area contributed by atoms with Crippen LogP contribution in [0.15, 0.2) is 24.3 Å². The molecule has 1 heteroatoms. The average Bonchev–Trinajstić information content (AvgIpc) is 2.45. The highest BCUT2D eigenvalue weighted by Gasteiger charge is 2.32. The SMILES string of the molecule is CC(C)(O)C1Cc2ccccc2C1. The minimum absolute atomic E-state index is 0.393. The Bertz CT molecular complexity index is 284. The lowest BCUT2D eigenvalue weighted by molar-refractivity contribution is 0.0215. The van der Waals surface area contributed by atoms with Crippen LogP contribution in [-0.2, 0) is 12.8 Å². The number of benzene rings is 1. The number of fused-ring (bicyclic) bond motifs is 1. The summed E-state index contributed by atoms with van der Waals surface area (Å²) in [5.74, 6) is 0.393. The molecule has 0 amide bonds. The van der Waals surface area contributed by atoms with E-state index in [0.29, 0.717) is 5.92 Å². The third kappa shape index (κ3) is 1.61. The number of hydrogen-bond donors (Lipinski definition) is 1. The summed E-state index contributed by atoms with van der Waals surface area (Å²) in [5, 5.41) is 9.89. The number of hydrogen-bond acceptors (Lipinski definition) is 1. The van der Waals surface area contributed by atoms with Crippen molar-refractivity contribution in [2.75, 3.05) is 0 Å². The van der Waals surface area contributed by atoms with E-state index in [1.54, 1.807) is 0 Å². The molecule has 70 valence electrons. The van der Waals surface area contributed by atoms with E-state index in [1.165, 1.54) is 11.1 Å². The molecule has 0 heterocycles. The van der Waals surface area contributed by atoms with Crippen LogP contribution in [0.1, 0.15) is 25.0 Å². The lowest BCUT2D eigenvalue weighted by atomic mass is 9.89. The molecule has 1 nitrogen and oxygen atoms in total. The number of aliphatic hydroxyl groups is 1. The molecule has 1 aromatic rings. The first-order chi connectivity index (χ1) is 6.07. The molecule has 0 bridgehead atoms. The third-order valence-electron chi connectivity index (χ3n) is 3.05. The van der Waals surface area contributed by atoms with Crippen LogP contribution in [0, 0.1) is 5.92 Å². The topological polar surface area (TPSA) is 20.2 Å². The van der Waals surface area contributed by atoms with Crippen molar-refractivity contribution in [1.82, 2.24) is 0 Å². The van der Waals surface area contributed by atoms with Crippen molar-refractivity contribution in [3.8, 4) is 0 Å². The molecule has 1 aliphatic carbocycles. The minimum Gasteiger partial charge on any atom is -0.390 e. The van der Waals surface area contributed by atoms with Crippen molar-refractivity contribution in [3.05, 3.63) is 35.4 Å². The smallest absolute Gasteiger partial charge is 0.0626 e. The van der Waals surface area contributed by atoms with Gasteiger partial charge in [0.2, 0.25) is 0 Å². The standard InChI is InChI=1S/C12H16O/c1-12(2,13)11-7-9-5-3-4-6-10(9)8-11/h3-6,11,13H,7-8H2,1-2H3. The molecule has 0 unspecified atom stereocenters. The highest BCUT2D eigenvalue weighted by molar-refractivity contribution is 5.32. The van der Waals surface area contributed by atoms with Gasteiger partial charge in [-0.05, 0) is 43.7 Å². The van der Waals surface area contributed by atoms with Crippen LogP contribution in [0.5, 0.6) is 0 Å². The third-order valence-corrected chi connectivity index (χ3v) is 3.05. The summed E-state index contributed by atoms with van der Waals surface area (Å²) < 4.78 is 0. The predicted octanol–water partition coefficient (Wildman–Crippen LogP) is 2.17. The molecule has 0 atom stereocenters. The van der Waals surface area contributed by atoms with Crippen LogP contribution in [0.2, 0.25) is 0 Å². The molecule has 1 aliphatic rings. The van der Waals surface area contributed by atoms with E-state index < -0.39 is 5.60 Å². The summed E-state index contributed by atoms with van der Waals surface area (Å²) in [5.41, 5.74) is 2.28. The Hall–Kier alpha value is -0.820.